The number of amides is 3. The van der Waals surface area contributed by atoms with Gasteiger partial charge in [0.05, 0.1) is 16.3 Å². The second-order valence-corrected chi connectivity index (χ2v) is 5.81. The van der Waals surface area contributed by atoms with Crippen LogP contribution in [0, 0.1) is 0 Å². The van der Waals surface area contributed by atoms with Crippen molar-refractivity contribution < 1.29 is 27.6 Å². The van der Waals surface area contributed by atoms with Crippen LogP contribution in [0.15, 0.2) is 42.5 Å². The van der Waals surface area contributed by atoms with E-state index in [0.29, 0.717) is 11.0 Å². The van der Waals surface area contributed by atoms with E-state index in [0.717, 1.165) is 19.1 Å². The minimum absolute atomic E-state index is 0.0507. The summed E-state index contributed by atoms with van der Waals surface area (Å²) in [4.78, 5) is 36.9. The molecule has 2 aromatic carbocycles. The van der Waals surface area contributed by atoms with Crippen LogP contribution in [0.25, 0.3) is 0 Å². The zero-order valence-corrected chi connectivity index (χ0v) is 14.6. The Hall–Kier alpha value is -3.07. The standard InChI is InChI=1S/C17H13ClF3N3O3/c1-9(25)24(12-4-2-3-10(22)7-12)16(27)15(26)23-11-5-6-14(18)13(8-11)17(19,20)21/h2-8H,22H2,1H3,(H,23,26). The molecule has 0 heterocycles. The Morgan fingerprint density at radius 2 is 1.78 bits per heavy atom. The van der Waals surface area contributed by atoms with Gasteiger partial charge in [-0.2, -0.15) is 13.2 Å². The summed E-state index contributed by atoms with van der Waals surface area (Å²) in [6.07, 6.45) is -4.74. The predicted molar refractivity (Wildman–Crippen MR) is 94.1 cm³/mol. The van der Waals surface area contributed by atoms with Gasteiger partial charge in [0, 0.05) is 18.3 Å². The van der Waals surface area contributed by atoms with Gasteiger partial charge in [-0.25, -0.2) is 4.90 Å². The summed E-state index contributed by atoms with van der Waals surface area (Å²) in [6.45, 7) is 1.05. The fourth-order valence-electron chi connectivity index (χ4n) is 2.21. The summed E-state index contributed by atoms with van der Waals surface area (Å²) < 4.78 is 38.7. The van der Waals surface area contributed by atoms with Crippen LogP contribution in [0.4, 0.5) is 30.2 Å². The quantitative estimate of drug-likeness (QED) is 0.597. The van der Waals surface area contributed by atoms with E-state index in [-0.39, 0.29) is 17.1 Å². The molecule has 0 radical (unpaired) electrons. The summed E-state index contributed by atoms with van der Waals surface area (Å²) >= 11 is 5.50. The van der Waals surface area contributed by atoms with Crippen LogP contribution >= 0.6 is 11.6 Å². The molecule has 0 bridgehead atoms. The lowest BCUT2D eigenvalue weighted by molar-refractivity contribution is -0.137. The molecular weight excluding hydrogens is 387 g/mol. The second-order valence-electron chi connectivity index (χ2n) is 5.40. The molecule has 0 unspecified atom stereocenters. The fraction of sp³-hybridized carbons (Fsp3) is 0.118. The predicted octanol–water partition coefficient (Wildman–Crippen LogP) is 3.46. The molecule has 10 heteroatoms. The van der Waals surface area contributed by atoms with E-state index < -0.39 is 34.5 Å². The van der Waals surface area contributed by atoms with Crippen molar-refractivity contribution in [2.75, 3.05) is 16.0 Å². The molecule has 0 saturated heterocycles. The second kappa shape index (κ2) is 7.67. The molecule has 2 aromatic rings. The number of carbonyl (C=O) groups excluding carboxylic acids is 3. The highest BCUT2D eigenvalue weighted by atomic mass is 35.5. The number of nitrogens with two attached hydrogens (primary N) is 1. The van der Waals surface area contributed by atoms with Gasteiger partial charge in [-0.3, -0.25) is 14.4 Å². The van der Waals surface area contributed by atoms with E-state index in [1.54, 1.807) is 0 Å². The van der Waals surface area contributed by atoms with E-state index >= 15 is 0 Å². The maximum atomic E-state index is 12.9. The van der Waals surface area contributed by atoms with Crippen LogP contribution in [-0.4, -0.2) is 17.7 Å². The zero-order chi connectivity index (χ0) is 20.4. The Kier molecular flexibility index (Phi) is 5.75. The molecule has 0 saturated carbocycles. The van der Waals surface area contributed by atoms with E-state index in [2.05, 4.69) is 0 Å². The summed E-state index contributed by atoms with van der Waals surface area (Å²) in [7, 11) is 0. The third-order valence-electron chi connectivity index (χ3n) is 3.37. The number of anilines is 3. The number of rotatable bonds is 2. The van der Waals surface area contributed by atoms with Gasteiger partial charge in [-0.05, 0) is 36.4 Å². The monoisotopic (exact) mass is 399 g/mol. The largest absolute Gasteiger partial charge is 0.417 e. The van der Waals surface area contributed by atoms with Crippen molar-refractivity contribution in [1.29, 1.82) is 0 Å². The number of hydrogen-bond donors (Lipinski definition) is 2. The van der Waals surface area contributed by atoms with Gasteiger partial charge in [0.25, 0.3) is 0 Å². The van der Waals surface area contributed by atoms with Gasteiger partial charge in [-0.1, -0.05) is 17.7 Å². The van der Waals surface area contributed by atoms with Gasteiger partial charge in [0.1, 0.15) is 0 Å². The molecule has 0 fully saturated rings. The lowest BCUT2D eigenvalue weighted by Crippen LogP contribution is -2.42. The minimum Gasteiger partial charge on any atom is -0.399 e. The smallest absolute Gasteiger partial charge is 0.399 e. The molecule has 27 heavy (non-hydrogen) atoms. The molecule has 3 N–H and O–H groups in total. The number of hydrogen-bond acceptors (Lipinski definition) is 4. The minimum atomic E-state index is -4.74. The number of carbonyl (C=O) groups is 3. The SMILES string of the molecule is CC(=O)N(C(=O)C(=O)Nc1ccc(Cl)c(C(F)(F)F)c1)c1cccc(N)c1. The summed E-state index contributed by atoms with van der Waals surface area (Å²) in [5.74, 6) is -3.35. The summed E-state index contributed by atoms with van der Waals surface area (Å²) in [5, 5.41) is 1.47. The topological polar surface area (TPSA) is 92.5 Å². The highest BCUT2D eigenvalue weighted by Gasteiger charge is 2.34. The number of benzene rings is 2. The van der Waals surface area contributed by atoms with Crippen molar-refractivity contribution >= 4 is 46.4 Å². The molecule has 0 aliphatic carbocycles. The van der Waals surface area contributed by atoms with Crippen LogP contribution < -0.4 is 16.0 Å². The Balaban J connectivity index is 2.29. The van der Waals surface area contributed by atoms with Crippen molar-refractivity contribution in [2.45, 2.75) is 13.1 Å². The number of nitrogens with zero attached hydrogens (tertiary/aromatic N) is 1. The molecule has 0 spiro atoms. The van der Waals surface area contributed by atoms with Crippen molar-refractivity contribution in [1.82, 2.24) is 0 Å². The van der Waals surface area contributed by atoms with Crippen molar-refractivity contribution in [3.8, 4) is 0 Å². The molecule has 3 amide bonds. The van der Waals surface area contributed by atoms with Gasteiger partial charge in [-0.15, -0.1) is 0 Å². The Labute approximate surface area is 156 Å². The van der Waals surface area contributed by atoms with Crippen molar-refractivity contribution in [3.05, 3.63) is 53.1 Å². The van der Waals surface area contributed by atoms with Gasteiger partial charge < -0.3 is 11.1 Å². The maximum Gasteiger partial charge on any atom is 0.417 e. The lowest BCUT2D eigenvalue weighted by Gasteiger charge is -2.19. The lowest BCUT2D eigenvalue weighted by atomic mass is 10.2. The fourth-order valence-corrected chi connectivity index (χ4v) is 2.44. The molecule has 0 aromatic heterocycles. The van der Waals surface area contributed by atoms with E-state index in [1.807, 2.05) is 5.32 Å². The first kappa shape index (κ1) is 20.2. The third-order valence-corrected chi connectivity index (χ3v) is 3.70. The number of nitrogens with one attached hydrogen (secondary N) is 1. The molecule has 2 rings (SSSR count). The number of alkyl halides is 3. The average Bonchev–Trinajstić information content (AvgIpc) is 2.55. The van der Waals surface area contributed by atoms with Crippen molar-refractivity contribution in [2.24, 2.45) is 0 Å². The first-order valence-corrected chi connectivity index (χ1v) is 7.77. The van der Waals surface area contributed by atoms with E-state index in [9.17, 15) is 27.6 Å². The summed E-state index contributed by atoms with van der Waals surface area (Å²) in [6, 6.07) is 8.29. The highest BCUT2D eigenvalue weighted by molar-refractivity contribution is 6.48. The molecule has 0 atom stereocenters. The van der Waals surface area contributed by atoms with Gasteiger partial charge in [0.15, 0.2) is 0 Å². The Bertz CT molecular complexity index is 916. The highest BCUT2D eigenvalue weighted by Crippen LogP contribution is 2.36. The van der Waals surface area contributed by atoms with Crippen LogP contribution in [0.1, 0.15) is 12.5 Å². The number of nitrogen functional groups attached to an aromatic ring is 1. The van der Waals surface area contributed by atoms with Crippen molar-refractivity contribution in [3.63, 3.8) is 0 Å². The first-order chi connectivity index (χ1) is 12.5. The average molecular weight is 400 g/mol. The third kappa shape index (κ3) is 4.76. The zero-order valence-electron chi connectivity index (χ0n) is 13.8. The Morgan fingerprint density at radius 3 is 2.33 bits per heavy atom. The van der Waals surface area contributed by atoms with Crippen LogP contribution in [-0.2, 0) is 20.6 Å². The molecular formula is C17H13ClF3N3O3. The van der Waals surface area contributed by atoms with Crippen LogP contribution in [0.2, 0.25) is 5.02 Å². The normalized spacial score (nSPS) is 11.0. The molecule has 142 valence electrons. The number of imide groups is 1. The van der Waals surface area contributed by atoms with Crippen LogP contribution in [0.5, 0.6) is 0 Å². The molecule has 0 aliphatic rings. The Morgan fingerprint density at radius 1 is 1.11 bits per heavy atom. The first-order valence-electron chi connectivity index (χ1n) is 7.39. The van der Waals surface area contributed by atoms with Gasteiger partial charge in [0.2, 0.25) is 5.91 Å². The van der Waals surface area contributed by atoms with E-state index in [1.165, 1.54) is 24.3 Å². The molecule has 6 nitrogen and oxygen atoms in total. The summed E-state index contributed by atoms with van der Waals surface area (Å²) in [5.41, 5.74) is 4.42. The van der Waals surface area contributed by atoms with Crippen LogP contribution in [0.3, 0.4) is 0 Å². The number of halogens is 4. The molecule has 0 aliphatic heterocycles. The van der Waals surface area contributed by atoms with E-state index in [4.69, 9.17) is 17.3 Å². The maximum absolute atomic E-state index is 12.9. The van der Waals surface area contributed by atoms with Gasteiger partial charge >= 0.3 is 18.0 Å².